The first-order valence-corrected chi connectivity index (χ1v) is 4.23. The van der Waals surface area contributed by atoms with Crippen molar-refractivity contribution < 1.29 is 4.74 Å². The van der Waals surface area contributed by atoms with Gasteiger partial charge < -0.3 is 10.2 Å². The molecule has 14 heavy (non-hydrogen) atoms. The molecule has 0 amide bonds. The first kappa shape index (κ1) is 8.78. The van der Waals surface area contributed by atoms with E-state index in [9.17, 15) is 0 Å². The molecule has 2 rings (SSSR count). The summed E-state index contributed by atoms with van der Waals surface area (Å²) >= 11 is 0. The molecule has 5 nitrogen and oxygen atoms in total. The molecule has 5 heteroatoms. The van der Waals surface area contributed by atoms with Gasteiger partial charge in [0.2, 0.25) is 5.88 Å². The minimum atomic E-state index is -0.456. The number of nitrogens with one attached hydrogen (secondary N) is 1. The van der Waals surface area contributed by atoms with Crippen molar-refractivity contribution in [1.29, 1.82) is 0 Å². The van der Waals surface area contributed by atoms with Gasteiger partial charge in [-0.25, -0.2) is 5.84 Å². The zero-order chi connectivity index (χ0) is 10.0. The number of nitrogens with two attached hydrogens (primary N) is 1. The molecule has 0 bridgehead atoms. The fourth-order valence-electron chi connectivity index (χ4n) is 1.06. The minimum absolute atomic E-state index is 0.399. The van der Waals surface area contributed by atoms with Crippen LogP contribution in [-0.4, -0.2) is 15.6 Å². The molecule has 0 atom stereocenters. The third kappa shape index (κ3) is 1.60. The lowest BCUT2D eigenvalue weighted by atomic mass is 10.4. The van der Waals surface area contributed by atoms with E-state index in [4.69, 9.17) is 17.0 Å². The van der Waals surface area contributed by atoms with Crippen molar-refractivity contribution in [2.45, 2.75) is 18.4 Å². The van der Waals surface area contributed by atoms with Gasteiger partial charge >= 0.3 is 0 Å². The standard InChI is InChI=1S/C9H10N4O/c1-2-9(3-4-9)14-8-6-11-5-7(12-8)13-10/h1,5-6H,3-4,10H2,(H,12,13). The number of hydrogen-bond donors (Lipinski definition) is 2. The van der Waals surface area contributed by atoms with Gasteiger partial charge in [-0.2, -0.15) is 4.98 Å². The monoisotopic (exact) mass is 190 g/mol. The highest BCUT2D eigenvalue weighted by atomic mass is 16.5. The molecule has 1 heterocycles. The van der Waals surface area contributed by atoms with Crippen LogP contribution in [0.2, 0.25) is 0 Å². The molecule has 0 unspecified atom stereocenters. The summed E-state index contributed by atoms with van der Waals surface area (Å²) in [6, 6.07) is 0. The Morgan fingerprint density at radius 2 is 2.36 bits per heavy atom. The highest BCUT2D eigenvalue weighted by Gasteiger charge is 2.44. The molecule has 0 aliphatic heterocycles. The van der Waals surface area contributed by atoms with Crippen molar-refractivity contribution in [2.75, 3.05) is 5.43 Å². The van der Waals surface area contributed by atoms with Gasteiger partial charge in [-0.05, 0) is 0 Å². The molecule has 0 saturated heterocycles. The Bertz CT molecular complexity index is 381. The fraction of sp³-hybridized carbons (Fsp3) is 0.333. The zero-order valence-corrected chi connectivity index (χ0v) is 7.53. The molecule has 1 aliphatic rings. The Morgan fingerprint density at radius 3 is 2.93 bits per heavy atom. The van der Waals surface area contributed by atoms with E-state index < -0.39 is 5.60 Å². The second kappa shape index (κ2) is 3.16. The highest BCUT2D eigenvalue weighted by Crippen LogP contribution is 2.38. The molecule has 1 aliphatic carbocycles. The van der Waals surface area contributed by atoms with Gasteiger partial charge in [0.05, 0.1) is 12.4 Å². The Morgan fingerprint density at radius 1 is 1.57 bits per heavy atom. The maximum absolute atomic E-state index is 5.50. The maximum atomic E-state index is 5.50. The van der Waals surface area contributed by atoms with E-state index in [1.807, 2.05) is 0 Å². The predicted octanol–water partition coefficient (Wildman–Crippen LogP) is 0.307. The molecule has 1 aromatic rings. The van der Waals surface area contributed by atoms with Crippen LogP contribution in [0, 0.1) is 12.3 Å². The summed E-state index contributed by atoms with van der Waals surface area (Å²) in [6.07, 6.45) is 10.1. The van der Waals surface area contributed by atoms with Gasteiger partial charge in [-0.1, -0.05) is 5.92 Å². The van der Waals surface area contributed by atoms with Gasteiger partial charge in [0.15, 0.2) is 11.4 Å². The SMILES string of the molecule is C#CC1(Oc2cncc(NN)n2)CC1. The molecular formula is C9H10N4O. The number of terminal acetylenes is 1. The number of nitrogen functional groups attached to an aromatic ring is 1. The third-order valence-electron chi connectivity index (χ3n) is 2.03. The van der Waals surface area contributed by atoms with E-state index in [1.54, 1.807) is 0 Å². The molecule has 0 radical (unpaired) electrons. The van der Waals surface area contributed by atoms with Crippen LogP contribution in [0.1, 0.15) is 12.8 Å². The molecular weight excluding hydrogens is 180 g/mol. The summed E-state index contributed by atoms with van der Waals surface area (Å²) in [5.74, 6) is 8.63. The normalized spacial score (nSPS) is 16.9. The van der Waals surface area contributed by atoms with Gasteiger partial charge in [0.25, 0.3) is 0 Å². The van der Waals surface area contributed by atoms with E-state index in [0.29, 0.717) is 11.7 Å². The highest BCUT2D eigenvalue weighted by molar-refractivity contribution is 5.32. The van der Waals surface area contributed by atoms with E-state index >= 15 is 0 Å². The third-order valence-corrected chi connectivity index (χ3v) is 2.03. The summed E-state index contributed by atoms with van der Waals surface area (Å²) in [7, 11) is 0. The number of hydrazine groups is 1. The van der Waals surface area contributed by atoms with Gasteiger partial charge in [-0.3, -0.25) is 4.98 Å². The van der Waals surface area contributed by atoms with Crippen LogP contribution < -0.4 is 16.0 Å². The van der Waals surface area contributed by atoms with E-state index in [-0.39, 0.29) is 0 Å². The number of nitrogens with zero attached hydrogens (tertiary/aromatic N) is 2. The van der Waals surface area contributed by atoms with Crippen LogP contribution >= 0.6 is 0 Å². The first-order valence-electron chi connectivity index (χ1n) is 4.23. The van der Waals surface area contributed by atoms with Crippen molar-refractivity contribution in [1.82, 2.24) is 9.97 Å². The summed E-state index contributed by atoms with van der Waals surface area (Å²) in [4.78, 5) is 7.95. The van der Waals surface area contributed by atoms with Crippen molar-refractivity contribution in [2.24, 2.45) is 5.84 Å². The molecule has 1 saturated carbocycles. The summed E-state index contributed by atoms with van der Waals surface area (Å²) in [6.45, 7) is 0. The second-order valence-electron chi connectivity index (χ2n) is 3.13. The smallest absolute Gasteiger partial charge is 0.235 e. The van der Waals surface area contributed by atoms with Crippen LogP contribution in [0.4, 0.5) is 5.82 Å². The van der Waals surface area contributed by atoms with Crippen molar-refractivity contribution in [3.63, 3.8) is 0 Å². The Labute approximate surface area is 81.7 Å². The van der Waals surface area contributed by atoms with Gasteiger partial charge in [0, 0.05) is 12.8 Å². The van der Waals surface area contributed by atoms with Crippen molar-refractivity contribution in [3.8, 4) is 18.2 Å². The summed E-state index contributed by atoms with van der Waals surface area (Å²) in [5, 5.41) is 0. The van der Waals surface area contributed by atoms with Crippen LogP contribution in [0.5, 0.6) is 5.88 Å². The molecule has 72 valence electrons. The number of aromatic nitrogens is 2. The first-order chi connectivity index (χ1) is 6.78. The van der Waals surface area contributed by atoms with Crippen molar-refractivity contribution >= 4 is 5.82 Å². The molecule has 1 aromatic heterocycles. The summed E-state index contributed by atoms with van der Waals surface area (Å²) < 4.78 is 5.50. The van der Waals surface area contributed by atoms with E-state index in [1.165, 1.54) is 12.4 Å². The molecule has 0 spiro atoms. The van der Waals surface area contributed by atoms with E-state index in [0.717, 1.165) is 12.8 Å². The van der Waals surface area contributed by atoms with Crippen molar-refractivity contribution in [3.05, 3.63) is 12.4 Å². The summed E-state index contributed by atoms with van der Waals surface area (Å²) in [5.41, 5.74) is 1.93. The topological polar surface area (TPSA) is 73.1 Å². The largest absolute Gasteiger partial charge is 0.457 e. The Hall–Kier alpha value is -1.80. The quantitative estimate of drug-likeness (QED) is 0.407. The predicted molar refractivity (Wildman–Crippen MR) is 51.3 cm³/mol. The average Bonchev–Trinajstić information content (AvgIpc) is 2.99. The van der Waals surface area contributed by atoms with Gasteiger partial charge in [-0.15, -0.1) is 6.42 Å². The van der Waals surface area contributed by atoms with Crippen LogP contribution in [0.15, 0.2) is 12.4 Å². The zero-order valence-electron chi connectivity index (χ0n) is 7.53. The lowest BCUT2D eigenvalue weighted by Crippen LogP contribution is -2.17. The number of rotatable bonds is 3. The Balaban J connectivity index is 2.14. The molecule has 1 fully saturated rings. The number of hydrogen-bond acceptors (Lipinski definition) is 5. The molecule has 3 N–H and O–H groups in total. The lowest BCUT2D eigenvalue weighted by molar-refractivity contribution is 0.229. The van der Waals surface area contributed by atoms with Gasteiger partial charge in [0.1, 0.15) is 0 Å². The number of ether oxygens (including phenoxy) is 1. The fourth-order valence-corrected chi connectivity index (χ4v) is 1.06. The van der Waals surface area contributed by atoms with E-state index in [2.05, 4.69) is 21.3 Å². The second-order valence-corrected chi connectivity index (χ2v) is 3.13. The molecule has 0 aromatic carbocycles. The van der Waals surface area contributed by atoms with Crippen LogP contribution in [0.3, 0.4) is 0 Å². The maximum Gasteiger partial charge on any atom is 0.235 e. The number of anilines is 1. The lowest BCUT2D eigenvalue weighted by Gasteiger charge is -2.10. The average molecular weight is 190 g/mol. The minimum Gasteiger partial charge on any atom is -0.457 e. The van der Waals surface area contributed by atoms with Crippen LogP contribution in [0.25, 0.3) is 0 Å². The Kier molecular flexibility index (Phi) is 1.98. The van der Waals surface area contributed by atoms with Crippen LogP contribution in [-0.2, 0) is 0 Å².